The molecule has 3 heterocycles. The van der Waals surface area contributed by atoms with Gasteiger partial charge in [0.15, 0.2) is 0 Å². The second kappa shape index (κ2) is 11.4. The van der Waals surface area contributed by atoms with Gasteiger partial charge in [0.1, 0.15) is 10.8 Å². The highest BCUT2D eigenvalue weighted by Gasteiger charge is 2.15. The van der Waals surface area contributed by atoms with Crippen molar-refractivity contribution in [1.82, 2.24) is 35.2 Å². The predicted molar refractivity (Wildman–Crippen MR) is 129 cm³/mol. The Kier molecular flexibility index (Phi) is 8.05. The molecule has 0 spiro atoms. The van der Waals surface area contributed by atoms with Crippen molar-refractivity contribution in [3.63, 3.8) is 0 Å². The van der Waals surface area contributed by atoms with Gasteiger partial charge in [-0.1, -0.05) is 11.3 Å². The van der Waals surface area contributed by atoms with Crippen LogP contribution >= 0.6 is 11.3 Å². The summed E-state index contributed by atoms with van der Waals surface area (Å²) in [6.45, 7) is 7.44. The maximum absolute atomic E-state index is 5.97. The first-order valence-corrected chi connectivity index (χ1v) is 11.9. The summed E-state index contributed by atoms with van der Waals surface area (Å²) < 4.78 is 12.7. The Balaban J connectivity index is 1.20. The number of ether oxygens (including phenoxy) is 2. The SMILES string of the molecule is CN(C)c1nc(N)n(-c2nnc(-c3ccc(OCCCNCCN4CCOCC4)cc3)s2)n1. The summed E-state index contributed by atoms with van der Waals surface area (Å²) in [5.74, 6) is 1.65. The highest BCUT2D eigenvalue weighted by atomic mass is 32.1. The van der Waals surface area contributed by atoms with Crippen LogP contribution < -0.4 is 20.7 Å². The Bertz CT molecular complexity index is 1000. The molecule has 3 N–H and O–H groups in total. The quantitative estimate of drug-likeness (QED) is 0.392. The molecule has 0 atom stereocenters. The normalized spacial score (nSPS) is 14.5. The number of benzene rings is 1. The van der Waals surface area contributed by atoms with Gasteiger partial charge in [0.2, 0.25) is 17.0 Å². The molecule has 12 heteroatoms. The van der Waals surface area contributed by atoms with E-state index in [1.807, 2.05) is 38.4 Å². The van der Waals surface area contributed by atoms with Crippen LogP contribution in [0, 0.1) is 0 Å². The average molecular weight is 474 g/mol. The number of aromatic nitrogens is 5. The minimum Gasteiger partial charge on any atom is -0.494 e. The fraction of sp³-hybridized carbons (Fsp3) is 0.524. The summed E-state index contributed by atoms with van der Waals surface area (Å²) in [6.07, 6.45) is 0.957. The predicted octanol–water partition coefficient (Wildman–Crippen LogP) is 1.12. The van der Waals surface area contributed by atoms with Crippen molar-refractivity contribution in [2.45, 2.75) is 6.42 Å². The second-order valence-corrected chi connectivity index (χ2v) is 8.85. The zero-order valence-electron chi connectivity index (χ0n) is 19.1. The van der Waals surface area contributed by atoms with E-state index in [9.17, 15) is 0 Å². The molecule has 0 saturated carbocycles. The van der Waals surface area contributed by atoms with Crippen LogP contribution in [-0.2, 0) is 4.74 Å². The van der Waals surface area contributed by atoms with Crippen molar-refractivity contribution >= 4 is 23.2 Å². The van der Waals surface area contributed by atoms with Crippen molar-refractivity contribution in [3.05, 3.63) is 24.3 Å². The van der Waals surface area contributed by atoms with Crippen molar-refractivity contribution in [2.24, 2.45) is 0 Å². The first-order valence-electron chi connectivity index (χ1n) is 11.1. The monoisotopic (exact) mass is 473 g/mol. The highest BCUT2D eigenvalue weighted by Crippen LogP contribution is 2.28. The van der Waals surface area contributed by atoms with Crippen LogP contribution in [0.2, 0.25) is 0 Å². The molecule has 1 aromatic carbocycles. The van der Waals surface area contributed by atoms with Crippen LogP contribution in [0.4, 0.5) is 11.9 Å². The van der Waals surface area contributed by atoms with Crippen molar-refractivity contribution < 1.29 is 9.47 Å². The van der Waals surface area contributed by atoms with Gasteiger partial charge in [-0.2, -0.15) is 9.67 Å². The number of morpholine rings is 1. The number of hydrogen-bond donors (Lipinski definition) is 2. The lowest BCUT2D eigenvalue weighted by atomic mass is 10.2. The lowest BCUT2D eigenvalue weighted by molar-refractivity contribution is 0.0384. The molecule has 3 aromatic rings. The average Bonchev–Trinajstić information content (AvgIpc) is 3.46. The Morgan fingerprint density at radius 2 is 1.94 bits per heavy atom. The van der Waals surface area contributed by atoms with Gasteiger partial charge in [0.25, 0.3) is 0 Å². The molecule has 4 rings (SSSR count). The molecule has 0 unspecified atom stereocenters. The van der Waals surface area contributed by atoms with Gasteiger partial charge in [-0.25, -0.2) is 0 Å². The maximum Gasteiger partial charge on any atom is 0.246 e. The molecule has 0 radical (unpaired) electrons. The molecule has 1 fully saturated rings. The van der Waals surface area contributed by atoms with Gasteiger partial charge in [-0.3, -0.25) is 4.90 Å². The molecule has 11 nitrogen and oxygen atoms in total. The summed E-state index contributed by atoms with van der Waals surface area (Å²) in [5.41, 5.74) is 6.93. The van der Waals surface area contributed by atoms with Crippen LogP contribution in [-0.4, -0.2) is 96.5 Å². The van der Waals surface area contributed by atoms with E-state index in [-0.39, 0.29) is 5.95 Å². The fourth-order valence-electron chi connectivity index (χ4n) is 3.33. The van der Waals surface area contributed by atoms with E-state index in [4.69, 9.17) is 15.2 Å². The molecule has 1 aliphatic heterocycles. The van der Waals surface area contributed by atoms with Gasteiger partial charge in [0.05, 0.1) is 19.8 Å². The van der Waals surface area contributed by atoms with E-state index < -0.39 is 0 Å². The van der Waals surface area contributed by atoms with Crippen molar-refractivity contribution in [3.8, 4) is 21.5 Å². The first kappa shape index (κ1) is 23.4. The largest absolute Gasteiger partial charge is 0.494 e. The number of nitrogen functional groups attached to an aromatic ring is 1. The molecule has 1 saturated heterocycles. The molecule has 2 aromatic heterocycles. The molecule has 178 valence electrons. The van der Waals surface area contributed by atoms with E-state index in [1.165, 1.54) is 16.0 Å². The minimum absolute atomic E-state index is 0.278. The maximum atomic E-state index is 5.97. The highest BCUT2D eigenvalue weighted by molar-refractivity contribution is 7.17. The third-order valence-corrected chi connectivity index (χ3v) is 6.14. The third-order valence-electron chi connectivity index (χ3n) is 5.19. The minimum atomic E-state index is 0.278. The van der Waals surface area contributed by atoms with Crippen LogP contribution in [0.1, 0.15) is 6.42 Å². The number of anilines is 2. The Hall–Kier alpha value is -2.80. The molecule has 0 aliphatic carbocycles. The number of nitrogens with zero attached hydrogens (tertiary/aromatic N) is 7. The van der Waals surface area contributed by atoms with Crippen LogP contribution in [0.15, 0.2) is 24.3 Å². The first-order chi connectivity index (χ1) is 16.1. The Labute approximate surface area is 197 Å². The topological polar surface area (TPSA) is 119 Å². The molecule has 0 bridgehead atoms. The van der Waals surface area contributed by atoms with Crippen molar-refractivity contribution in [2.75, 3.05) is 77.3 Å². The lowest BCUT2D eigenvalue weighted by Gasteiger charge is -2.26. The lowest BCUT2D eigenvalue weighted by Crippen LogP contribution is -2.40. The number of rotatable bonds is 11. The van der Waals surface area contributed by atoms with E-state index in [1.54, 1.807) is 4.90 Å². The van der Waals surface area contributed by atoms with Gasteiger partial charge in [0, 0.05) is 45.8 Å². The second-order valence-electron chi connectivity index (χ2n) is 7.90. The third kappa shape index (κ3) is 6.38. The van der Waals surface area contributed by atoms with Crippen LogP contribution in [0.25, 0.3) is 15.7 Å². The van der Waals surface area contributed by atoms with Gasteiger partial charge < -0.3 is 25.4 Å². The fourth-order valence-corrected chi connectivity index (χ4v) is 4.14. The van der Waals surface area contributed by atoms with E-state index >= 15 is 0 Å². The summed E-state index contributed by atoms with van der Waals surface area (Å²) >= 11 is 1.40. The molecule has 1 aliphatic rings. The summed E-state index contributed by atoms with van der Waals surface area (Å²) in [7, 11) is 3.72. The van der Waals surface area contributed by atoms with E-state index in [0.717, 1.165) is 68.7 Å². The van der Waals surface area contributed by atoms with Crippen molar-refractivity contribution in [1.29, 1.82) is 0 Å². The molecule has 0 amide bonds. The molecular formula is C21H31N9O2S. The smallest absolute Gasteiger partial charge is 0.246 e. The Morgan fingerprint density at radius 3 is 2.67 bits per heavy atom. The number of nitrogens with two attached hydrogens (primary N) is 1. The van der Waals surface area contributed by atoms with E-state index in [2.05, 4.69) is 30.5 Å². The Morgan fingerprint density at radius 1 is 1.15 bits per heavy atom. The summed E-state index contributed by atoms with van der Waals surface area (Å²) in [5, 5.41) is 17.7. The molecule has 33 heavy (non-hydrogen) atoms. The van der Waals surface area contributed by atoms with E-state index in [0.29, 0.717) is 17.7 Å². The standard InChI is InChI=1S/C21H31N9O2S/c1-28(2)20-24-19(22)30(27-20)21-26-25-18(33-21)16-4-6-17(7-5-16)32-13-3-8-23-9-10-29-11-14-31-15-12-29/h4-7,23H,3,8-15H2,1-2H3,(H2,22,24,27). The number of nitrogens with one attached hydrogen (secondary N) is 1. The molecular weight excluding hydrogens is 442 g/mol. The van der Waals surface area contributed by atoms with Crippen LogP contribution in [0.3, 0.4) is 0 Å². The zero-order chi connectivity index (χ0) is 23.0. The van der Waals surface area contributed by atoms with Gasteiger partial charge in [-0.15, -0.1) is 15.3 Å². The zero-order valence-corrected chi connectivity index (χ0v) is 19.9. The summed E-state index contributed by atoms with van der Waals surface area (Å²) in [4.78, 5) is 8.43. The summed E-state index contributed by atoms with van der Waals surface area (Å²) in [6, 6.07) is 7.87. The van der Waals surface area contributed by atoms with Crippen LogP contribution in [0.5, 0.6) is 5.75 Å². The number of hydrogen-bond acceptors (Lipinski definition) is 11. The van der Waals surface area contributed by atoms with Gasteiger partial charge in [-0.05, 0) is 37.2 Å². The van der Waals surface area contributed by atoms with Gasteiger partial charge >= 0.3 is 0 Å².